The molecule has 0 fully saturated rings. The van der Waals surface area contributed by atoms with Gasteiger partial charge < -0.3 is 15.4 Å². The predicted octanol–water partition coefficient (Wildman–Crippen LogP) is 5.21. The summed E-state index contributed by atoms with van der Waals surface area (Å²) in [6, 6.07) is 20.0. The molecule has 2 amide bonds. The first-order valence-electron chi connectivity index (χ1n) is 9.65. The topological polar surface area (TPSA) is 80.3 Å². The number of aromatic nitrogens is 1. The Morgan fingerprint density at radius 3 is 2.55 bits per heavy atom. The monoisotopic (exact) mass is 427 g/mol. The zero-order valence-corrected chi connectivity index (χ0v) is 17.1. The van der Waals surface area contributed by atoms with E-state index in [4.69, 9.17) is 4.74 Å². The van der Waals surface area contributed by atoms with Crippen LogP contribution in [0, 0.1) is 0 Å². The van der Waals surface area contributed by atoms with Crippen LogP contribution in [0.1, 0.15) is 25.6 Å². The summed E-state index contributed by atoms with van der Waals surface area (Å²) in [4.78, 5) is 31.0. The molecule has 2 aromatic carbocycles. The number of ether oxygens (including phenoxy) is 1. The first kappa shape index (κ1) is 19.0. The van der Waals surface area contributed by atoms with E-state index in [1.807, 2.05) is 30.3 Å². The van der Waals surface area contributed by atoms with Gasteiger partial charge in [0.2, 0.25) is 0 Å². The summed E-state index contributed by atoms with van der Waals surface area (Å²) in [5.74, 6) is 0.350. The lowest BCUT2D eigenvalue weighted by atomic mass is 10.1. The third-order valence-corrected chi connectivity index (χ3v) is 6.08. The van der Waals surface area contributed by atoms with Crippen LogP contribution >= 0.6 is 11.3 Å². The fourth-order valence-electron chi connectivity index (χ4n) is 3.38. The highest BCUT2D eigenvalue weighted by atomic mass is 32.1. The zero-order valence-electron chi connectivity index (χ0n) is 16.3. The van der Waals surface area contributed by atoms with Crippen molar-refractivity contribution >= 4 is 34.5 Å². The average molecular weight is 427 g/mol. The maximum atomic E-state index is 12.9. The number of thiophene rings is 1. The van der Waals surface area contributed by atoms with Crippen LogP contribution in [0.15, 0.2) is 79.1 Å². The Bertz CT molecular complexity index is 1280. The van der Waals surface area contributed by atoms with Gasteiger partial charge in [-0.25, -0.2) is 0 Å². The molecule has 4 aromatic rings. The molecular weight excluding hydrogens is 410 g/mol. The fraction of sp³-hybridized carbons (Fsp3) is 0.0417. The van der Waals surface area contributed by atoms with E-state index in [9.17, 15) is 9.59 Å². The second-order valence-corrected chi connectivity index (χ2v) is 8.03. The van der Waals surface area contributed by atoms with E-state index in [2.05, 4.69) is 15.6 Å². The van der Waals surface area contributed by atoms with E-state index in [1.54, 1.807) is 48.8 Å². The highest BCUT2D eigenvalue weighted by molar-refractivity contribution is 7.17. The van der Waals surface area contributed by atoms with E-state index < -0.39 is 0 Å². The van der Waals surface area contributed by atoms with Gasteiger partial charge in [-0.1, -0.05) is 18.2 Å². The summed E-state index contributed by atoms with van der Waals surface area (Å²) in [6.45, 7) is 0.445. The summed E-state index contributed by atoms with van der Waals surface area (Å²) in [5, 5.41) is 5.70. The standard InChI is InChI=1S/C24H17N3O3S/c28-23(26-17-8-10-25-11-9-17)15-4-3-5-18(12-15)27-24(29)21-13-16-14-30-20-7-2-1-6-19(20)22(16)31-21/h1-13H,14H2,(H,27,29)(H,25,26,28). The lowest BCUT2D eigenvalue weighted by Gasteiger charge is -2.16. The van der Waals surface area contributed by atoms with Crippen molar-refractivity contribution in [3.8, 4) is 16.2 Å². The van der Waals surface area contributed by atoms with Gasteiger partial charge in [0.05, 0.1) is 4.88 Å². The van der Waals surface area contributed by atoms with Crippen molar-refractivity contribution in [3.05, 3.63) is 95.1 Å². The first-order chi connectivity index (χ1) is 15.2. The molecule has 0 spiro atoms. The predicted molar refractivity (Wildman–Crippen MR) is 121 cm³/mol. The van der Waals surface area contributed by atoms with Gasteiger partial charge in [0.25, 0.3) is 11.8 Å². The lowest BCUT2D eigenvalue weighted by molar-refractivity contribution is 0.101. The van der Waals surface area contributed by atoms with E-state index in [1.165, 1.54) is 11.3 Å². The molecule has 31 heavy (non-hydrogen) atoms. The van der Waals surface area contributed by atoms with Gasteiger partial charge in [-0.3, -0.25) is 14.6 Å². The highest BCUT2D eigenvalue weighted by Gasteiger charge is 2.22. The van der Waals surface area contributed by atoms with Crippen LogP contribution < -0.4 is 15.4 Å². The average Bonchev–Trinajstić information content (AvgIpc) is 3.25. The smallest absolute Gasteiger partial charge is 0.265 e. The number of nitrogens with one attached hydrogen (secondary N) is 2. The molecule has 2 N–H and O–H groups in total. The van der Waals surface area contributed by atoms with Gasteiger partial charge in [-0.15, -0.1) is 11.3 Å². The van der Waals surface area contributed by atoms with Crippen LogP contribution in [-0.4, -0.2) is 16.8 Å². The molecule has 0 atom stereocenters. The van der Waals surface area contributed by atoms with Crippen molar-refractivity contribution in [1.82, 2.24) is 4.98 Å². The molecule has 0 aliphatic carbocycles. The number of anilines is 2. The van der Waals surface area contributed by atoms with Gasteiger partial charge in [-0.05, 0) is 48.5 Å². The molecule has 3 heterocycles. The van der Waals surface area contributed by atoms with Gasteiger partial charge in [-0.2, -0.15) is 0 Å². The van der Waals surface area contributed by atoms with E-state index in [0.717, 1.165) is 21.8 Å². The van der Waals surface area contributed by atoms with Crippen molar-refractivity contribution in [2.45, 2.75) is 6.61 Å². The Balaban J connectivity index is 1.33. The molecule has 152 valence electrons. The van der Waals surface area contributed by atoms with Crippen LogP contribution in [0.3, 0.4) is 0 Å². The van der Waals surface area contributed by atoms with Crippen LogP contribution in [0.4, 0.5) is 11.4 Å². The first-order valence-corrected chi connectivity index (χ1v) is 10.5. The molecule has 1 aliphatic heterocycles. The number of hydrogen-bond acceptors (Lipinski definition) is 5. The van der Waals surface area contributed by atoms with Gasteiger partial charge in [0.1, 0.15) is 12.4 Å². The number of benzene rings is 2. The molecular formula is C24H17N3O3S. The number of pyridine rings is 1. The molecule has 7 heteroatoms. The highest BCUT2D eigenvalue weighted by Crippen LogP contribution is 2.42. The molecule has 0 saturated heterocycles. The Morgan fingerprint density at radius 2 is 1.68 bits per heavy atom. The van der Waals surface area contributed by atoms with E-state index in [0.29, 0.717) is 28.4 Å². The maximum absolute atomic E-state index is 12.9. The Labute approximate surface area is 182 Å². The summed E-state index contributed by atoms with van der Waals surface area (Å²) >= 11 is 1.44. The number of fused-ring (bicyclic) bond motifs is 3. The largest absolute Gasteiger partial charge is 0.488 e. The van der Waals surface area contributed by atoms with Gasteiger partial charge >= 0.3 is 0 Å². The minimum absolute atomic E-state index is 0.219. The molecule has 2 aromatic heterocycles. The lowest BCUT2D eigenvalue weighted by Crippen LogP contribution is -2.14. The molecule has 6 nitrogen and oxygen atoms in total. The number of carbonyl (C=O) groups is 2. The second kappa shape index (κ2) is 8.04. The molecule has 0 radical (unpaired) electrons. The molecule has 0 bridgehead atoms. The Hall–Kier alpha value is -3.97. The SMILES string of the molecule is O=C(Nc1ccncc1)c1cccc(NC(=O)c2cc3c(s2)-c2ccccc2OC3)c1. The van der Waals surface area contributed by atoms with Crippen LogP contribution in [0.25, 0.3) is 10.4 Å². The van der Waals surface area contributed by atoms with Crippen molar-refractivity contribution in [2.24, 2.45) is 0 Å². The van der Waals surface area contributed by atoms with Gasteiger partial charge in [0, 0.05) is 45.3 Å². The summed E-state index contributed by atoms with van der Waals surface area (Å²) in [5.41, 5.74) is 3.65. The van der Waals surface area contributed by atoms with Gasteiger partial charge in [0.15, 0.2) is 0 Å². The third kappa shape index (κ3) is 3.91. The fourth-order valence-corrected chi connectivity index (χ4v) is 4.47. The second-order valence-electron chi connectivity index (χ2n) is 6.97. The minimum Gasteiger partial charge on any atom is -0.488 e. The number of amides is 2. The summed E-state index contributed by atoms with van der Waals surface area (Å²) < 4.78 is 5.78. The number of rotatable bonds is 4. The van der Waals surface area contributed by atoms with Crippen molar-refractivity contribution in [2.75, 3.05) is 10.6 Å². The quantitative estimate of drug-likeness (QED) is 0.469. The van der Waals surface area contributed by atoms with Crippen molar-refractivity contribution in [3.63, 3.8) is 0 Å². The molecule has 0 unspecified atom stereocenters. The third-order valence-electron chi connectivity index (χ3n) is 4.87. The Kier molecular flexibility index (Phi) is 4.93. The number of nitrogens with zero attached hydrogens (tertiary/aromatic N) is 1. The van der Waals surface area contributed by atoms with Crippen molar-refractivity contribution in [1.29, 1.82) is 0 Å². The molecule has 1 aliphatic rings. The zero-order chi connectivity index (χ0) is 21.2. The number of para-hydroxylation sites is 1. The van der Waals surface area contributed by atoms with E-state index in [-0.39, 0.29) is 11.8 Å². The number of hydrogen-bond donors (Lipinski definition) is 2. The van der Waals surface area contributed by atoms with Crippen molar-refractivity contribution < 1.29 is 14.3 Å². The van der Waals surface area contributed by atoms with E-state index >= 15 is 0 Å². The minimum atomic E-state index is -0.261. The van der Waals surface area contributed by atoms with Crippen LogP contribution in [0.5, 0.6) is 5.75 Å². The number of carbonyl (C=O) groups excluding carboxylic acids is 2. The Morgan fingerprint density at radius 1 is 0.871 bits per heavy atom. The normalized spacial score (nSPS) is 11.6. The van der Waals surface area contributed by atoms with Crippen LogP contribution in [0.2, 0.25) is 0 Å². The summed E-state index contributed by atoms with van der Waals surface area (Å²) in [6.07, 6.45) is 3.21. The summed E-state index contributed by atoms with van der Waals surface area (Å²) in [7, 11) is 0. The molecule has 5 rings (SSSR count). The maximum Gasteiger partial charge on any atom is 0.265 e. The molecule has 0 saturated carbocycles. The van der Waals surface area contributed by atoms with Crippen LogP contribution in [-0.2, 0) is 6.61 Å².